The number of carbonyl (C=O) groups excluding carboxylic acids is 4. The predicted molar refractivity (Wildman–Crippen MR) is 105 cm³/mol. The van der Waals surface area contributed by atoms with Gasteiger partial charge in [0, 0.05) is 49.3 Å². The van der Waals surface area contributed by atoms with Crippen LogP contribution in [0.5, 0.6) is 0 Å². The molecule has 164 valence electrons. The molecule has 5 rings (SSSR count). The van der Waals surface area contributed by atoms with E-state index in [1.54, 1.807) is 0 Å². The average Bonchev–Trinajstić information content (AvgIpc) is 3.27. The van der Waals surface area contributed by atoms with Crippen molar-refractivity contribution in [2.24, 2.45) is 11.3 Å². The third-order valence-electron chi connectivity index (χ3n) is 7.70. The number of carbonyl (C=O) groups is 4. The molecule has 0 saturated heterocycles. The van der Waals surface area contributed by atoms with E-state index in [-0.39, 0.29) is 41.8 Å². The highest BCUT2D eigenvalue weighted by atomic mass is 16.6. The zero-order valence-corrected chi connectivity index (χ0v) is 17.9. The number of methoxy groups -OCH3 is 1. The highest BCUT2D eigenvalue weighted by Crippen LogP contribution is 2.61. The number of hydrogen-bond acceptors (Lipinski definition) is 8. The first kappa shape index (κ1) is 20.2. The number of fused-ring (bicyclic) bond motifs is 3. The zero-order valence-electron chi connectivity index (χ0n) is 17.9. The second kappa shape index (κ2) is 6.38. The van der Waals surface area contributed by atoms with Crippen LogP contribution in [0, 0.1) is 11.3 Å². The number of hydrogen-bond donors (Lipinski definition) is 0. The van der Waals surface area contributed by atoms with Crippen LogP contribution in [0.25, 0.3) is 0 Å². The summed E-state index contributed by atoms with van der Waals surface area (Å²) in [6.45, 7) is 5.11. The molecule has 0 spiro atoms. The van der Waals surface area contributed by atoms with Crippen LogP contribution in [0.2, 0.25) is 0 Å². The molecule has 0 radical (unpaired) electrons. The lowest BCUT2D eigenvalue weighted by atomic mass is 9.54. The summed E-state index contributed by atoms with van der Waals surface area (Å²) < 4.78 is 22.4. The quantitative estimate of drug-likeness (QED) is 0.676. The van der Waals surface area contributed by atoms with Crippen molar-refractivity contribution in [2.45, 2.75) is 57.7 Å². The summed E-state index contributed by atoms with van der Waals surface area (Å²) in [6, 6.07) is 0. The molecule has 2 heterocycles. The van der Waals surface area contributed by atoms with Crippen LogP contribution in [0.1, 0.15) is 66.5 Å². The molecular weight excluding hydrogens is 404 g/mol. The summed E-state index contributed by atoms with van der Waals surface area (Å²) in [6.07, 6.45) is 0.906. The van der Waals surface area contributed by atoms with Crippen LogP contribution in [-0.4, -0.2) is 49.4 Å². The third kappa shape index (κ3) is 2.39. The number of ketones is 2. The highest BCUT2D eigenvalue weighted by molar-refractivity contribution is 6.14. The van der Waals surface area contributed by atoms with Crippen LogP contribution in [0.4, 0.5) is 0 Å². The van der Waals surface area contributed by atoms with Gasteiger partial charge >= 0.3 is 11.9 Å². The Labute approximate surface area is 178 Å². The van der Waals surface area contributed by atoms with Crippen LogP contribution in [0.3, 0.4) is 0 Å². The van der Waals surface area contributed by atoms with E-state index in [0.717, 1.165) is 0 Å². The van der Waals surface area contributed by atoms with Crippen LogP contribution >= 0.6 is 0 Å². The standard InChI is InChI=1S/C23H24O8/c1-10(24)30-13-7-22(2)12(5-6-14(22)25)16-18(13)23(3)15(9-28-4)31-21(27)11-8-29-20(17(11)23)19(16)26/h8,12-13,15H,5-7,9H2,1-4H3/t12-,13?,15+,22?,23?/m0/s1. The number of esters is 2. The monoisotopic (exact) mass is 428 g/mol. The summed E-state index contributed by atoms with van der Waals surface area (Å²) in [5, 5.41) is 0. The fourth-order valence-electron chi connectivity index (χ4n) is 6.28. The van der Waals surface area contributed by atoms with E-state index < -0.39 is 35.0 Å². The van der Waals surface area contributed by atoms with Gasteiger partial charge in [0.15, 0.2) is 5.76 Å². The van der Waals surface area contributed by atoms with Gasteiger partial charge in [-0.25, -0.2) is 4.79 Å². The van der Waals surface area contributed by atoms with E-state index in [0.29, 0.717) is 29.6 Å². The number of ether oxygens (including phenoxy) is 3. The summed E-state index contributed by atoms with van der Waals surface area (Å²) in [4.78, 5) is 51.2. The Kier molecular flexibility index (Phi) is 4.16. The lowest BCUT2D eigenvalue weighted by Gasteiger charge is -2.51. The minimum Gasteiger partial charge on any atom is -0.460 e. The number of furan rings is 1. The fraction of sp³-hybridized carbons (Fsp3) is 0.565. The van der Waals surface area contributed by atoms with Crippen molar-refractivity contribution in [2.75, 3.05) is 13.7 Å². The molecule has 1 aromatic rings. The third-order valence-corrected chi connectivity index (χ3v) is 7.70. The molecule has 8 nitrogen and oxygen atoms in total. The summed E-state index contributed by atoms with van der Waals surface area (Å²) in [7, 11) is 1.50. The van der Waals surface area contributed by atoms with E-state index in [9.17, 15) is 19.2 Å². The summed E-state index contributed by atoms with van der Waals surface area (Å²) in [5.74, 6) is -1.58. The van der Waals surface area contributed by atoms with Crippen molar-refractivity contribution in [3.8, 4) is 0 Å². The smallest absolute Gasteiger partial charge is 0.342 e. The molecule has 0 N–H and O–H groups in total. The van der Waals surface area contributed by atoms with Crippen molar-refractivity contribution >= 4 is 23.5 Å². The van der Waals surface area contributed by atoms with E-state index in [1.807, 2.05) is 13.8 Å². The maximum atomic E-state index is 13.7. The molecule has 31 heavy (non-hydrogen) atoms. The topological polar surface area (TPSA) is 109 Å². The minimum atomic E-state index is -0.988. The normalized spacial score (nSPS) is 36.0. The van der Waals surface area contributed by atoms with Gasteiger partial charge < -0.3 is 18.6 Å². The molecule has 1 saturated carbocycles. The lowest BCUT2D eigenvalue weighted by Crippen LogP contribution is -2.57. The van der Waals surface area contributed by atoms with E-state index in [2.05, 4.69) is 0 Å². The molecule has 0 bridgehead atoms. The maximum absolute atomic E-state index is 13.7. The second-order valence-electron chi connectivity index (χ2n) is 9.30. The van der Waals surface area contributed by atoms with Gasteiger partial charge in [0.2, 0.25) is 5.78 Å². The Morgan fingerprint density at radius 3 is 2.68 bits per heavy atom. The largest absolute Gasteiger partial charge is 0.460 e. The van der Waals surface area contributed by atoms with Crippen LogP contribution in [-0.2, 0) is 29.2 Å². The van der Waals surface area contributed by atoms with E-state index >= 15 is 0 Å². The van der Waals surface area contributed by atoms with Crippen molar-refractivity contribution in [1.82, 2.24) is 0 Å². The molecule has 1 aliphatic heterocycles. The predicted octanol–water partition coefficient (Wildman–Crippen LogP) is 2.54. The Hall–Kier alpha value is -2.74. The fourth-order valence-corrected chi connectivity index (χ4v) is 6.28. The lowest BCUT2D eigenvalue weighted by molar-refractivity contribution is -0.149. The Bertz CT molecular complexity index is 1080. The van der Waals surface area contributed by atoms with Gasteiger partial charge in [0.25, 0.3) is 0 Å². The Balaban J connectivity index is 1.82. The number of cyclic esters (lactones) is 1. The first-order chi connectivity index (χ1) is 14.6. The molecule has 4 aliphatic rings. The van der Waals surface area contributed by atoms with Gasteiger partial charge in [0.05, 0.1) is 12.0 Å². The van der Waals surface area contributed by atoms with Crippen LogP contribution in [0.15, 0.2) is 21.8 Å². The summed E-state index contributed by atoms with van der Waals surface area (Å²) >= 11 is 0. The summed E-state index contributed by atoms with van der Waals surface area (Å²) in [5.41, 5.74) is -0.0741. The molecule has 0 amide bonds. The van der Waals surface area contributed by atoms with Gasteiger partial charge in [-0.15, -0.1) is 0 Å². The van der Waals surface area contributed by atoms with Gasteiger partial charge in [-0.05, 0) is 18.9 Å². The number of Topliss-reactive ketones (excluding diaryl/α,β-unsaturated/α-hetero) is 2. The van der Waals surface area contributed by atoms with Gasteiger partial charge in [-0.3, -0.25) is 14.4 Å². The van der Waals surface area contributed by atoms with Crippen molar-refractivity contribution in [1.29, 1.82) is 0 Å². The minimum absolute atomic E-state index is 0.0635. The molecule has 3 unspecified atom stereocenters. The number of allylic oxidation sites excluding steroid dienone is 1. The van der Waals surface area contributed by atoms with Gasteiger partial charge in [-0.2, -0.15) is 0 Å². The van der Waals surface area contributed by atoms with Crippen molar-refractivity contribution in [3.05, 3.63) is 34.3 Å². The number of rotatable bonds is 3. The molecular formula is C23H24O8. The molecule has 1 aromatic heterocycles. The van der Waals surface area contributed by atoms with Crippen LogP contribution < -0.4 is 0 Å². The SMILES string of the molecule is COC[C@H]1OC(=O)c2coc3c2C1(C)C1=C(C3=O)[C@@H]2CCC(=O)C2(C)CC1OC(C)=O. The van der Waals surface area contributed by atoms with E-state index in [1.165, 1.54) is 20.3 Å². The Morgan fingerprint density at radius 2 is 2.00 bits per heavy atom. The average molecular weight is 428 g/mol. The van der Waals surface area contributed by atoms with Gasteiger partial charge in [-0.1, -0.05) is 6.92 Å². The van der Waals surface area contributed by atoms with Crippen molar-refractivity contribution in [3.63, 3.8) is 0 Å². The first-order valence-corrected chi connectivity index (χ1v) is 10.5. The molecule has 1 fully saturated rings. The molecule has 8 heteroatoms. The maximum Gasteiger partial charge on any atom is 0.342 e. The molecule has 5 atom stereocenters. The highest BCUT2D eigenvalue weighted by Gasteiger charge is 2.64. The van der Waals surface area contributed by atoms with Gasteiger partial charge in [0.1, 0.15) is 29.8 Å². The molecule has 0 aromatic carbocycles. The zero-order chi connectivity index (χ0) is 22.3. The van der Waals surface area contributed by atoms with E-state index in [4.69, 9.17) is 18.6 Å². The molecule has 3 aliphatic carbocycles. The first-order valence-electron chi connectivity index (χ1n) is 10.5. The Morgan fingerprint density at radius 1 is 1.26 bits per heavy atom. The second-order valence-corrected chi connectivity index (χ2v) is 9.30. The van der Waals surface area contributed by atoms with Crippen molar-refractivity contribution < 1.29 is 37.8 Å².